The molecule has 1 N–H and O–H groups in total. The van der Waals surface area contributed by atoms with Gasteiger partial charge < -0.3 is 9.67 Å². The summed E-state index contributed by atoms with van der Waals surface area (Å²) in [5, 5.41) is 10.6. The summed E-state index contributed by atoms with van der Waals surface area (Å²) in [6.45, 7) is 3.14. The maximum atomic E-state index is 11.6. The Morgan fingerprint density at radius 1 is 1.27 bits per heavy atom. The number of hydrogen-bond acceptors (Lipinski definition) is 5. The highest BCUT2D eigenvalue weighted by Gasteiger charge is 2.18. The van der Waals surface area contributed by atoms with Gasteiger partial charge in [-0.2, -0.15) is 0 Å². The predicted octanol–water partition coefficient (Wildman–Crippen LogP) is 2.18. The van der Waals surface area contributed by atoms with Gasteiger partial charge in [-0.05, 0) is 12.1 Å². The zero-order valence-corrected chi connectivity index (χ0v) is 12.7. The van der Waals surface area contributed by atoms with Gasteiger partial charge in [-0.1, -0.05) is 12.1 Å². The number of hydrogen-bond donors (Lipinski definition) is 1. The lowest BCUT2D eigenvalue weighted by molar-refractivity contribution is 0.210. The van der Waals surface area contributed by atoms with Crippen LogP contribution in [-0.4, -0.2) is 26.1 Å². The Labute approximate surface area is 131 Å². The molecule has 3 aromatic rings. The number of aromatic hydroxyl groups is 1. The SMILES string of the molecule is O=c1cc2n(cc1O)CCN(Cc1nc3ccccc3s1)C2. The van der Waals surface area contributed by atoms with E-state index in [0.717, 1.165) is 35.9 Å². The fraction of sp³-hybridized carbons (Fsp3) is 0.250. The molecule has 3 heterocycles. The van der Waals surface area contributed by atoms with Crippen molar-refractivity contribution in [2.24, 2.45) is 0 Å². The first-order valence-corrected chi connectivity index (χ1v) is 8.00. The molecule has 0 fully saturated rings. The lowest BCUT2D eigenvalue weighted by Gasteiger charge is -2.29. The second kappa shape index (κ2) is 5.23. The maximum absolute atomic E-state index is 11.6. The van der Waals surface area contributed by atoms with E-state index in [-0.39, 0.29) is 11.2 Å². The van der Waals surface area contributed by atoms with Crippen LogP contribution in [0.25, 0.3) is 10.2 Å². The number of nitrogens with zero attached hydrogens (tertiary/aromatic N) is 3. The standard InChI is InChI=1S/C16H15N3O2S/c20-13-7-11-8-18(5-6-19(11)9-14(13)21)10-16-17-12-3-1-2-4-15(12)22-16/h1-4,7,9,21H,5-6,8,10H2. The molecule has 0 atom stereocenters. The molecule has 112 valence electrons. The first-order chi connectivity index (χ1) is 10.7. The molecule has 0 amide bonds. The lowest BCUT2D eigenvalue weighted by Crippen LogP contribution is -2.34. The van der Waals surface area contributed by atoms with Gasteiger partial charge in [0.15, 0.2) is 5.75 Å². The van der Waals surface area contributed by atoms with Crippen LogP contribution in [0, 0.1) is 0 Å². The summed E-state index contributed by atoms with van der Waals surface area (Å²) >= 11 is 1.72. The molecule has 0 radical (unpaired) electrons. The van der Waals surface area contributed by atoms with Crippen LogP contribution in [0.2, 0.25) is 0 Å². The summed E-state index contributed by atoms with van der Waals surface area (Å²) in [6, 6.07) is 9.68. The van der Waals surface area contributed by atoms with E-state index in [2.05, 4.69) is 16.0 Å². The van der Waals surface area contributed by atoms with E-state index >= 15 is 0 Å². The molecule has 0 unspecified atom stereocenters. The first-order valence-electron chi connectivity index (χ1n) is 7.18. The largest absolute Gasteiger partial charge is 0.503 e. The summed E-state index contributed by atoms with van der Waals surface area (Å²) in [6.07, 6.45) is 1.53. The number of aromatic nitrogens is 2. The third-order valence-electron chi connectivity index (χ3n) is 3.94. The van der Waals surface area contributed by atoms with Crippen molar-refractivity contribution in [2.75, 3.05) is 6.54 Å². The second-order valence-electron chi connectivity index (χ2n) is 5.49. The highest BCUT2D eigenvalue weighted by molar-refractivity contribution is 7.18. The minimum absolute atomic E-state index is 0.177. The molecule has 0 bridgehead atoms. The van der Waals surface area contributed by atoms with Gasteiger partial charge in [0.2, 0.25) is 5.43 Å². The van der Waals surface area contributed by atoms with Crippen LogP contribution in [0.3, 0.4) is 0 Å². The predicted molar refractivity (Wildman–Crippen MR) is 86.1 cm³/mol. The first kappa shape index (κ1) is 13.5. The smallest absolute Gasteiger partial charge is 0.223 e. The van der Waals surface area contributed by atoms with Gasteiger partial charge in [-0.25, -0.2) is 4.98 Å². The van der Waals surface area contributed by atoms with Crippen molar-refractivity contribution >= 4 is 21.6 Å². The van der Waals surface area contributed by atoms with Crippen molar-refractivity contribution in [1.82, 2.24) is 14.5 Å². The minimum Gasteiger partial charge on any atom is -0.503 e. The van der Waals surface area contributed by atoms with Gasteiger partial charge in [0.25, 0.3) is 0 Å². The van der Waals surface area contributed by atoms with Gasteiger partial charge in [0.05, 0.1) is 23.0 Å². The van der Waals surface area contributed by atoms with E-state index in [0.29, 0.717) is 6.54 Å². The van der Waals surface area contributed by atoms with Crippen LogP contribution < -0.4 is 5.43 Å². The Kier molecular flexibility index (Phi) is 3.20. The Hall–Kier alpha value is -2.18. The van der Waals surface area contributed by atoms with Crippen molar-refractivity contribution in [2.45, 2.75) is 19.6 Å². The van der Waals surface area contributed by atoms with Crippen LogP contribution in [0.1, 0.15) is 10.7 Å². The molecule has 1 aliphatic heterocycles. The Morgan fingerprint density at radius 2 is 2.14 bits per heavy atom. The van der Waals surface area contributed by atoms with E-state index in [9.17, 15) is 9.90 Å². The van der Waals surface area contributed by atoms with E-state index in [1.165, 1.54) is 17.0 Å². The fourth-order valence-corrected chi connectivity index (χ4v) is 3.83. The van der Waals surface area contributed by atoms with Crippen molar-refractivity contribution < 1.29 is 5.11 Å². The monoisotopic (exact) mass is 313 g/mol. The number of thiazole rings is 1. The molecule has 5 nitrogen and oxygen atoms in total. The molecular formula is C16H15N3O2S. The second-order valence-corrected chi connectivity index (χ2v) is 6.61. The van der Waals surface area contributed by atoms with Gasteiger partial charge in [0.1, 0.15) is 5.01 Å². The van der Waals surface area contributed by atoms with Crippen LogP contribution in [0.4, 0.5) is 0 Å². The maximum Gasteiger partial charge on any atom is 0.223 e. The van der Waals surface area contributed by atoms with E-state index < -0.39 is 0 Å². The van der Waals surface area contributed by atoms with Crippen molar-refractivity contribution in [3.05, 3.63) is 57.5 Å². The van der Waals surface area contributed by atoms with Crippen molar-refractivity contribution in [3.8, 4) is 5.75 Å². The molecular weight excluding hydrogens is 298 g/mol. The minimum atomic E-state index is -0.312. The molecule has 4 rings (SSSR count). The Balaban J connectivity index is 1.57. The van der Waals surface area contributed by atoms with Crippen molar-refractivity contribution in [3.63, 3.8) is 0 Å². The molecule has 1 aliphatic rings. The van der Waals surface area contributed by atoms with E-state index in [1.807, 2.05) is 22.8 Å². The fourth-order valence-electron chi connectivity index (χ4n) is 2.82. The number of rotatable bonds is 2. The van der Waals surface area contributed by atoms with Crippen LogP contribution in [0.15, 0.2) is 41.3 Å². The quantitative estimate of drug-likeness (QED) is 0.788. The van der Waals surface area contributed by atoms with E-state index in [4.69, 9.17) is 0 Å². The summed E-state index contributed by atoms with van der Waals surface area (Å²) in [7, 11) is 0. The van der Waals surface area contributed by atoms with Gasteiger partial charge in [-0.3, -0.25) is 9.69 Å². The van der Waals surface area contributed by atoms with Gasteiger partial charge >= 0.3 is 0 Å². The van der Waals surface area contributed by atoms with Crippen LogP contribution in [0.5, 0.6) is 5.75 Å². The summed E-state index contributed by atoms with van der Waals surface area (Å²) in [5.41, 5.74) is 1.67. The third kappa shape index (κ3) is 2.40. The summed E-state index contributed by atoms with van der Waals surface area (Å²) in [4.78, 5) is 18.5. The molecule has 2 aromatic heterocycles. The molecule has 6 heteroatoms. The highest BCUT2D eigenvalue weighted by atomic mass is 32.1. The number of pyridine rings is 1. The zero-order valence-electron chi connectivity index (χ0n) is 11.9. The molecule has 0 saturated heterocycles. The third-order valence-corrected chi connectivity index (χ3v) is 4.96. The normalized spacial score (nSPS) is 15.1. The highest BCUT2D eigenvalue weighted by Crippen LogP contribution is 2.24. The Bertz CT molecular complexity index is 867. The zero-order chi connectivity index (χ0) is 15.1. The molecule has 1 aromatic carbocycles. The van der Waals surface area contributed by atoms with Gasteiger partial charge in [-0.15, -0.1) is 11.3 Å². The molecule has 22 heavy (non-hydrogen) atoms. The van der Waals surface area contributed by atoms with Crippen molar-refractivity contribution in [1.29, 1.82) is 0 Å². The average molecular weight is 313 g/mol. The van der Waals surface area contributed by atoms with Gasteiger partial charge in [0, 0.05) is 31.4 Å². The number of fused-ring (bicyclic) bond motifs is 2. The summed E-state index contributed by atoms with van der Waals surface area (Å²) in [5.74, 6) is -0.177. The average Bonchev–Trinajstić information content (AvgIpc) is 2.91. The lowest BCUT2D eigenvalue weighted by atomic mass is 10.2. The molecule has 0 saturated carbocycles. The number of benzene rings is 1. The molecule has 0 spiro atoms. The topological polar surface area (TPSA) is 58.4 Å². The van der Waals surface area contributed by atoms with E-state index in [1.54, 1.807) is 11.3 Å². The van der Waals surface area contributed by atoms with Crippen LogP contribution in [-0.2, 0) is 19.6 Å². The summed E-state index contributed by atoms with van der Waals surface area (Å²) < 4.78 is 3.15. The molecule has 0 aliphatic carbocycles. The Morgan fingerprint density at radius 3 is 3.00 bits per heavy atom. The van der Waals surface area contributed by atoms with Crippen LogP contribution >= 0.6 is 11.3 Å². The number of para-hydroxylation sites is 1.